The summed E-state index contributed by atoms with van der Waals surface area (Å²) in [6.07, 6.45) is 0.281. The second-order valence-electron chi connectivity index (χ2n) is 6.66. The Labute approximate surface area is 146 Å². The number of benzene rings is 1. The van der Waals surface area contributed by atoms with Crippen molar-refractivity contribution in [3.8, 4) is 5.75 Å². The van der Waals surface area contributed by atoms with Crippen LogP contribution in [0.1, 0.15) is 19.8 Å². The Bertz CT molecular complexity index is 686. The van der Waals surface area contributed by atoms with Crippen molar-refractivity contribution in [2.75, 3.05) is 42.7 Å². The van der Waals surface area contributed by atoms with Crippen molar-refractivity contribution in [1.29, 1.82) is 0 Å². The number of amides is 1. The molecule has 7 nitrogen and oxygen atoms in total. The first-order valence-corrected chi connectivity index (χ1v) is 8.72. The molecule has 0 saturated carbocycles. The van der Waals surface area contributed by atoms with E-state index in [1.165, 1.54) is 0 Å². The summed E-state index contributed by atoms with van der Waals surface area (Å²) in [7, 11) is 0. The molecule has 4 rings (SSSR count). The van der Waals surface area contributed by atoms with E-state index in [4.69, 9.17) is 14.2 Å². The van der Waals surface area contributed by atoms with Crippen LogP contribution in [0.5, 0.6) is 5.75 Å². The highest BCUT2D eigenvalue weighted by molar-refractivity contribution is 5.93. The average molecular weight is 346 g/mol. The van der Waals surface area contributed by atoms with Crippen molar-refractivity contribution < 1.29 is 23.8 Å². The van der Waals surface area contributed by atoms with Crippen molar-refractivity contribution in [1.82, 2.24) is 0 Å². The number of morpholine rings is 1. The smallest absolute Gasteiger partial charge is 0.415 e. The van der Waals surface area contributed by atoms with Gasteiger partial charge in [-0.05, 0) is 25.5 Å². The maximum atomic E-state index is 12.3. The molecule has 0 N–H and O–H groups in total. The highest BCUT2D eigenvalue weighted by atomic mass is 16.6. The summed E-state index contributed by atoms with van der Waals surface area (Å²) in [5.74, 6) is 0.797. The van der Waals surface area contributed by atoms with E-state index in [2.05, 4.69) is 4.90 Å². The molecule has 1 amide bonds. The number of anilines is 2. The number of rotatable bonds is 4. The average Bonchev–Trinajstić information content (AvgIpc) is 2.96. The number of carbonyl (C=O) groups is 2. The Hall–Kier alpha value is -2.28. The summed E-state index contributed by atoms with van der Waals surface area (Å²) >= 11 is 0. The molecule has 3 aliphatic heterocycles. The van der Waals surface area contributed by atoms with E-state index in [0.29, 0.717) is 25.2 Å². The topological polar surface area (TPSA) is 68.3 Å². The first kappa shape index (κ1) is 16.2. The quantitative estimate of drug-likeness (QED) is 0.830. The second-order valence-corrected chi connectivity index (χ2v) is 6.66. The normalized spacial score (nSPS) is 25.1. The summed E-state index contributed by atoms with van der Waals surface area (Å²) < 4.78 is 16.8. The minimum Gasteiger partial charge on any atom is -0.489 e. The van der Waals surface area contributed by atoms with Gasteiger partial charge in [0.15, 0.2) is 0 Å². The number of ketones is 1. The molecule has 2 saturated heterocycles. The predicted octanol–water partition coefficient (Wildman–Crippen LogP) is 1.98. The van der Waals surface area contributed by atoms with Gasteiger partial charge < -0.3 is 23.9 Å². The van der Waals surface area contributed by atoms with Crippen LogP contribution in [0.15, 0.2) is 18.2 Å². The number of carbonyl (C=O) groups excluding carboxylic acids is 2. The molecule has 134 valence electrons. The fourth-order valence-corrected chi connectivity index (χ4v) is 3.63. The number of fused-ring (bicyclic) bond motifs is 3. The van der Waals surface area contributed by atoms with E-state index in [9.17, 15) is 9.59 Å². The van der Waals surface area contributed by atoms with Crippen molar-refractivity contribution in [3.05, 3.63) is 18.2 Å². The van der Waals surface area contributed by atoms with E-state index in [0.717, 1.165) is 37.7 Å². The molecule has 1 aromatic carbocycles. The lowest BCUT2D eigenvalue weighted by Crippen LogP contribution is -2.44. The van der Waals surface area contributed by atoms with E-state index >= 15 is 0 Å². The van der Waals surface area contributed by atoms with Gasteiger partial charge in [0.05, 0.1) is 18.9 Å². The minimum absolute atomic E-state index is 0.0989. The highest BCUT2D eigenvalue weighted by Gasteiger charge is 2.46. The van der Waals surface area contributed by atoms with Gasteiger partial charge in [-0.25, -0.2) is 4.79 Å². The number of nitrogens with zero attached hydrogens (tertiary/aromatic N) is 2. The lowest BCUT2D eigenvalue weighted by atomic mass is 10.0. The van der Waals surface area contributed by atoms with Crippen LogP contribution in [0.2, 0.25) is 0 Å². The monoisotopic (exact) mass is 346 g/mol. The fourth-order valence-electron chi connectivity index (χ4n) is 3.63. The molecule has 0 spiro atoms. The molecule has 0 bridgehead atoms. The van der Waals surface area contributed by atoms with Crippen LogP contribution < -0.4 is 14.5 Å². The third-order valence-electron chi connectivity index (χ3n) is 4.98. The van der Waals surface area contributed by atoms with Crippen LogP contribution in [-0.4, -0.2) is 56.9 Å². The molecule has 1 aromatic rings. The lowest BCUT2D eigenvalue weighted by molar-refractivity contribution is -0.117. The molecule has 0 unspecified atom stereocenters. The Morgan fingerprint density at radius 1 is 1.28 bits per heavy atom. The third-order valence-corrected chi connectivity index (χ3v) is 4.98. The zero-order chi connectivity index (χ0) is 17.4. The van der Waals surface area contributed by atoms with Crippen molar-refractivity contribution in [3.63, 3.8) is 0 Å². The van der Waals surface area contributed by atoms with Crippen LogP contribution in [-0.2, 0) is 14.3 Å². The van der Waals surface area contributed by atoms with Crippen molar-refractivity contribution >= 4 is 23.3 Å². The first-order valence-electron chi connectivity index (χ1n) is 8.72. The van der Waals surface area contributed by atoms with Gasteiger partial charge in [0, 0.05) is 31.3 Å². The maximum Gasteiger partial charge on any atom is 0.415 e. The van der Waals surface area contributed by atoms with Gasteiger partial charge in [0.25, 0.3) is 0 Å². The summed E-state index contributed by atoms with van der Waals surface area (Å²) in [4.78, 5) is 27.5. The number of ether oxygens (including phenoxy) is 3. The van der Waals surface area contributed by atoms with Gasteiger partial charge in [-0.3, -0.25) is 4.90 Å². The number of hydrogen-bond acceptors (Lipinski definition) is 6. The van der Waals surface area contributed by atoms with Gasteiger partial charge in [-0.1, -0.05) is 0 Å². The van der Waals surface area contributed by atoms with E-state index < -0.39 is 0 Å². The minimum atomic E-state index is -0.359. The van der Waals surface area contributed by atoms with Gasteiger partial charge >= 0.3 is 6.09 Å². The summed E-state index contributed by atoms with van der Waals surface area (Å²) in [6, 6.07) is 5.73. The Balaban J connectivity index is 1.55. The molecule has 0 aromatic heterocycles. The number of hydrogen-bond donors (Lipinski definition) is 0. The van der Waals surface area contributed by atoms with Gasteiger partial charge in [0.2, 0.25) is 0 Å². The molecule has 3 aliphatic rings. The summed E-state index contributed by atoms with van der Waals surface area (Å²) in [6.45, 7) is 5.06. The Morgan fingerprint density at radius 2 is 2.08 bits per heavy atom. The van der Waals surface area contributed by atoms with Gasteiger partial charge in [0.1, 0.15) is 30.3 Å². The second kappa shape index (κ2) is 6.55. The number of cyclic esters (lactones) is 1. The van der Waals surface area contributed by atoms with Crippen LogP contribution in [0.4, 0.5) is 16.2 Å². The fraction of sp³-hybridized carbons (Fsp3) is 0.556. The molecular formula is C18H22N2O5. The van der Waals surface area contributed by atoms with Crippen molar-refractivity contribution in [2.45, 2.75) is 31.9 Å². The SMILES string of the molecule is CC(=O)CC[C@@H]1OC(=O)N2c3ccc(N4CCOCC4)cc3OC[C@@H]12. The molecule has 2 atom stereocenters. The molecule has 3 heterocycles. The molecule has 7 heteroatoms. The van der Waals surface area contributed by atoms with E-state index in [1.54, 1.807) is 11.8 Å². The van der Waals surface area contributed by atoms with Crippen molar-refractivity contribution in [2.24, 2.45) is 0 Å². The Morgan fingerprint density at radius 3 is 2.84 bits per heavy atom. The molecule has 0 radical (unpaired) electrons. The standard InChI is InChI=1S/C18H22N2O5/c1-12(21)2-5-16-15-11-24-17-10-13(19-6-8-23-9-7-19)3-4-14(17)20(15)18(22)25-16/h3-4,10,15-16H,2,5-9,11H2,1H3/t15-,16-/m0/s1. The van der Waals surface area contributed by atoms with Gasteiger partial charge in [-0.2, -0.15) is 0 Å². The van der Waals surface area contributed by atoms with Crippen LogP contribution in [0, 0.1) is 0 Å². The highest BCUT2D eigenvalue weighted by Crippen LogP contribution is 2.41. The molecule has 25 heavy (non-hydrogen) atoms. The van der Waals surface area contributed by atoms with E-state index in [-0.39, 0.29) is 24.0 Å². The van der Waals surface area contributed by atoms with Crippen LogP contribution in [0.3, 0.4) is 0 Å². The zero-order valence-corrected chi connectivity index (χ0v) is 14.3. The molecule has 2 fully saturated rings. The zero-order valence-electron chi connectivity index (χ0n) is 14.3. The van der Waals surface area contributed by atoms with Gasteiger partial charge in [-0.15, -0.1) is 0 Å². The van der Waals surface area contributed by atoms with E-state index in [1.807, 2.05) is 18.2 Å². The maximum absolute atomic E-state index is 12.3. The largest absolute Gasteiger partial charge is 0.489 e. The summed E-state index contributed by atoms with van der Waals surface area (Å²) in [5, 5.41) is 0. The molecular weight excluding hydrogens is 324 g/mol. The molecule has 0 aliphatic carbocycles. The third kappa shape index (κ3) is 3.04. The first-order chi connectivity index (χ1) is 12.1. The lowest BCUT2D eigenvalue weighted by Gasteiger charge is -2.33. The van der Waals surface area contributed by atoms with Crippen LogP contribution >= 0.6 is 0 Å². The predicted molar refractivity (Wildman–Crippen MR) is 91.4 cm³/mol. The summed E-state index contributed by atoms with van der Waals surface area (Å²) in [5.41, 5.74) is 1.81. The number of Topliss-reactive ketones (excluding diaryl/α,β-unsaturated/α-hetero) is 1. The Kier molecular flexibility index (Phi) is 4.25. The van der Waals surface area contributed by atoms with Crippen LogP contribution in [0.25, 0.3) is 0 Å².